The van der Waals surface area contributed by atoms with E-state index in [1.54, 1.807) is 19.2 Å². The molecule has 0 amide bonds. The molecule has 2 aromatic rings. The van der Waals surface area contributed by atoms with Crippen LogP contribution in [-0.2, 0) is 5.41 Å². The van der Waals surface area contributed by atoms with Gasteiger partial charge in [0.15, 0.2) is 5.11 Å². The van der Waals surface area contributed by atoms with Gasteiger partial charge in [0.25, 0.3) is 0 Å². The number of anilines is 2. The maximum Gasteiger partial charge on any atom is 0.234 e. The third-order valence-corrected chi connectivity index (χ3v) is 7.07. The first kappa shape index (κ1) is 22.7. The minimum Gasteiger partial charge on any atom is -0.481 e. The summed E-state index contributed by atoms with van der Waals surface area (Å²) in [4.78, 5) is 11.5. The van der Waals surface area contributed by atoms with E-state index < -0.39 is 0 Å². The van der Waals surface area contributed by atoms with Crippen LogP contribution in [-0.4, -0.2) is 41.3 Å². The number of benzene rings is 1. The van der Waals surface area contributed by atoms with Gasteiger partial charge in [0.05, 0.1) is 7.11 Å². The van der Waals surface area contributed by atoms with Crippen LogP contribution in [0.1, 0.15) is 57.4 Å². The highest BCUT2D eigenvalue weighted by atomic mass is 32.1. The Balaban J connectivity index is 1.45. The molecule has 1 unspecified atom stereocenters. The number of nitrogens with one attached hydrogen (secondary N) is 2. The number of hydrogen-bond donors (Lipinski definition) is 2. The fourth-order valence-corrected chi connectivity index (χ4v) is 5.14. The van der Waals surface area contributed by atoms with E-state index in [-0.39, 0.29) is 11.2 Å². The van der Waals surface area contributed by atoms with Crippen LogP contribution >= 0.6 is 12.2 Å². The molecule has 0 radical (unpaired) electrons. The Bertz CT molecular complexity index is 932. The lowest BCUT2D eigenvalue weighted by atomic mass is 9.79. The summed E-state index contributed by atoms with van der Waals surface area (Å²) in [6, 6.07) is 9.19. The zero-order valence-corrected chi connectivity index (χ0v) is 19.7. The van der Waals surface area contributed by atoms with Gasteiger partial charge in [-0.05, 0) is 68.9 Å². The van der Waals surface area contributed by atoms with E-state index in [0.717, 1.165) is 56.5 Å². The largest absolute Gasteiger partial charge is 0.481 e. The molecule has 4 rings (SSSR count). The van der Waals surface area contributed by atoms with Crippen LogP contribution in [0.25, 0.3) is 0 Å². The van der Waals surface area contributed by atoms with Crippen LogP contribution in [0.4, 0.5) is 16.2 Å². The van der Waals surface area contributed by atoms with E-state index >= 15 is 0 Å². The number of methoxy groups -OCH3 is 1. The van der Waals surface area contributed by atoms with Crippen molar-refractivity contribution >= 4 is 29.1 Å². The predicted molar refractivity (Wildman–Crippen MR) is 130 cm³/mol. The number of nitrogens with zero attached hydrogens (tertiary/aromatic N) is 3. The molecule has 1 aromatic carbocycles. The molecule has 1 atom stereocenters. The highest BCUT2D eigenvalue weighted by Gasteiger charge is 2.35. The van der Waals surface area contributed by atoms with Gasteiger partial charge in [-0.15, -0.1) is 0 Å². The molecule has 1 saturated heterocycles. The first-order valence-electron chi connectivity index (χ1n) is 11.5. The van der Waals surface area contributed by atoms with Crippen molar-refractivity contribution in [1.82, 2.24) is 15.3 Å². The van der Waals surface area contributed by atoms with Crippen molar-refractivity contribution in [2.75, 3.05) is 30.4 Å². The molecule has 8 heteroatoms. The van der Waals surface area contributed by atoms with Crippen LogP contribution in [0.15, 0.2) is 30.3 Å². The lowest BCUT2D eigenvalue weighted by molar-refractivity contribution is 0.396. The monoisotopic (exact) mass is 457 g/mol. The molecule has 2 heterocycles. The number of ether oxygens (including phenoxy) is 1. The van der Waals surface area contributed by atoms with Gasteiger partial charge in [-0.3, -0.25) is 0 Å². The van der Waals surface area contributed by atoms with E-state index in [0.29, 0.717) is 29.5 Å². The van der Waals surface area contributed by atoms with Gasteiger partial charge in [-0.1, -0.05) is 25.0 Å². The van der Waals surface area contributed by atoms with Gasteiger partial charge in [0, 0.05) is 30.6 Å². The lowest BCUT2D eigenvalue weighted by Crippen LogP contribution is -2.41. The van der Waals surface area contributed by atoms with Crippen LogP contribution in [0, 0.1) is 5.82 Å². The van der Waals surface area contributed by atoms with Crippen molar-refractivity contribution in [3.8, 4) is 5.88 Å². The summed E-state index contributed by atoms with van der Waals surface area (Å²) in [5, 5.41) is 6.98. The molecular weight excluding hydrogens is 425 g/mol. The Morgan fingerprint density at radius 3 is 2.62 bits per heavy atom. The number of aromatic nitrogens is 2. The molecular formula is C24H32FN5OS. The van der Waals surface area contributed by atoms with Crippen molar-refractivity contribution in [3.05, 3.63) is 41.7 Å². The molecule has 32 heavy (non-hydrogen) atoms. The topological polar surface area (TPSA) is 62.3 Å². The van der Waals surface area contributed by atoms with Gasteiger partial charge in [-0.25, -0.2) is 4.39 Å². The first-order valence-corrected chi connectivity index (χ1v) is 11.9. The predicted octanol–water partition coefficient (Wildman–Crippen LogP) is 4.80. The summed E-state index contributed by atoms with van der Waals surface area (Å²) in [5.41, 5.74) is 1.12. The third-order valence-electron chi connectivity index (χ3n) is 6.83. The fourth-order valence-electron chi connectivity index (χ4n) is 4.98. The summed E-state index contributed by atoms with van der Waals surface area (Å²) >= 11 is 5.58. The zero-order chi connectivity index (χ0) is 22.6. The number of halogens is 1. The van der Waals surface area contributed by atoms with Crippen molar-refractivity contribution < 1.29 is 9.13 Å². The van der Waals surface area contributed by atoms with Gasteiger partial charge < -0.3 is 20.3 Å². The third kappa shape index (κ3) is 5.11. The summed E-state index contributed by atoms with van der Waals surface area (Å²) in [5.74, 6) is 1.59. The number of rotatable bonds is 6. The van der Waals surface area contributed by atoms with Crippen LogP contribution < -0.4 is 20.3 Å². The van der Waals surface area contributed by atoms with Crippen molar-refractivity contribution in [1.29, 1.82) is 0 Å². The van der Waals surface area contributed by atoms with Crippen molar-refractivity contribution in [2.24, 2.45) is 0 Å². The number of piperidine rings is 1. The minimum atomic E-state index is -0.207. The first-order chi connectivity index (χ1) is 15.5. The van der Waals surface area contributed by atoms with Crippen LogP contribution in [0.2, 0.25) is 0 Å². The Morgan fingerprint density at radius 2 is 1.94 bits per heavy atom. The van der Waals surface area contributed by atoms with Gasteiger partial charge >= 0.3 is 0 Å². The molecule has 1 saturated carbocycles. The Labute approximate surface area is 195 Å². The Kier molecular flexibility index (Phi) is 7.08. The maximum atomic E-state index is 13.4. The number of hydrogen-bond acceptors (Lipinski definition) is 5. The number of thiocarbonyl (C=S) groups is 1. The summed E-state index contributed by atoms with van der Waals surface area (Å²) in [6.45, 7) is 3.89. The quantitative estimate of drug-likeness (QED) is 0.604. The standard InChI is InChI=1S/C24H32FN5OS/c1-17-7-3-6-14-30(17)20-15-21(31-2)28-22(27-20)29-23(32)26-16-24(12-4-5-13-24)18-8-10-19(25)11-9-18/h8-11,15,17H,3-7,12-14,16H2,1-2H3,(H2,26,27,28,29,32). The molecule has 2 N–H and O–H groups in total. The highest BCUT2D eigenvalue weighted by molar-refractivity contribution is 7.80. The molecule has 2 aliphatic rings. The highest BCUT2D eigenvalue weighted by Crippen LogP contribution is 2.40. The Hall–Kier alpha value is -2.48. The van der Waals surface area contributed by atoms with E-state index in [4.69, 9.17) is 21.9 Å². The van der Waals surface area contributed by atoms with E-state index in [1.165, 1.54) is 6.42 Å². The van der Waals surface area contributed by atoms with Gasteiger partial charge in [-0.2, -0.15) is 9.97 Å². The van der Waals surface area contributed by atoms with Gasteiger partial charge in [0.1, 0.15) is 11.6 Å². The van der Waals surface area contributed by atoms with Crippen LogP contribution in [0.5, 0.6) is 5.88 Å². The molecule has 6 nitrogen and oxygen atoms in total. The average molecular weight is 458 g/mol. The maximum absolute atomic E-state index is 13.4. The van der Waals surface area contributed by atoms with Crippen LogP contribution in [0.3, 0.4) is 0 Å². The van der Waals surface area contributed by atoms with E-state index in [1.807, 2.05) is 18.2 Å². The normalized spacial score (nSPS) is 20.1. The summed E-state index contributed by atoms with van der Waals surface area (Å²) in [7, 11) is 1.61. The fraction of sp³-hybridized carbons (Fsp3) is 0.542. The smallest absolute Gasteiger partial charge is 0.234 e. The average Bonchev–Trinajstić information content (AvgIpc) is 3.28. The molecule has 1 aromatic heterocycles. The molecule has 2 fully saturated rings. The second-order valence-corrected chi connectivity index (χ2v) is 9.34. The molecule has 1 aliphatic heterocycles. The van der Waals surface area contributed by atoms with Gasteiger partial charge in [0.2, 0.25) is 11.8 Å². The van der Waals surface area contributed by atoms with E-state index in [2.05, 4.69) is 27.4 Å². The lowest BCUT2D eigenvalue weighted by Gasteiger charge is -2.34. The molecule has 1 aliphatic carbocycles. The minimum absolute atomic E-state index is 0.0386. The van der Waals surface area contributed by atoms with E-state index in [9.17, 15) is 4.39 Å². The summed E-state index contributed by atoms with van der Waals surface area (Å²) in [6.07, 6.45) is 7.99. The SMILES string of the molecule is COc1cc(N2CCCCC2C)nc(NC(=S)NCC2(c3ccc(F)cc3)CCCC2)n1. The molecule has 172 valence electrons. The molecule has 0 spiro atoms. The Morgan fingerprint density at radius 1 is 1.19 bits per heavy atom. The molecule has 0 bridgehead atoms. The second-order valence-electron chi connectivity index (χ2n) is 8.93. The zero-order valence-electron chi connectivity index (χ0n) is 18.9. The van der Waals surface area contributed by atoms with Crippen molar-refractivity contribution in [3.63, 3.8) is 0 Å². The second kappa shape index (κ2) is 9.98. The van der Waals surface area contributed by atoms with Crippen molar-refractivity contribution in [2.45, 2.75) is 63.3 Å². The summed E-state index contributed by atoms with van der Waals surface area (Å²) < 4.78 is 18.8.